The molecule has 156 valence electrons. The number of carbonyl (C=O) groups is 2. The van der Waals surface area contributed by atoms with Gasteiger partial charge in [-0.2, -0.15) is 0 Å². The number of nitrogens with one attached hydrogen (secondary N) is 1. The minimum absolute atomic E-state index is 0.152. The highest BCUT2D eigenvalue weighted by Crippen LogP contribution is 2.40. The van der Waals surface area contributed by atoms with Crippen LogP contribution in [0.2, 0.25) is 5.02 Å². The first kappa shape index (κ1) is 22.4. The summed E-state index contributed by atoms with van der Waals surface area (Å²) in [5.41, 5.74) is 3.25. The number of anilines is 1. The maximum atomic E-state index is 12.7. The third-order valence-corrected chi connectivity index (χ3v) is 6.57. The molecule has 4 nitrogen and oxygen atoms in total. The molecule has 0 fully saturated rings. The average Bonchev–Trinajstić information content (AvgIpc) is 3.06. The molecule has 2 aromatic carbocycles. The van der Waals surface area contributed by atoms with E-state index < -0.39 is 5.97 Å². The second-order valence-corrected chi connectivity index (χ2v) is 9.14. The van der Waals surface area contributed by atoms with Crippen LogP contribution in [0.5, 0.6) is 0 Å². The molecule has 1 aromatic heterocycles. The number of aryl methyl sites for hydroxylation is 1. The molecule has 3 aromatic rings. The van der Waals surface area contributed by atoms with Gasteiger partial charge in [-0.05, 0) is 37.1 Å². The molecular formula is C23H22ClNO3S2. The lowest BCUT2D eigenvalue weighted by atomic mass is 10.0. The summed E-state index contributed by atoms with van der Waals surface area (Å²) in [7, 11) is 0. The quantitative estimate of drug-likeness (QED) is 0.394. The minimum Gasteiger partial charge on any atom is -0.462 e. The summed E-state index contributed by atoms with van der Waals surface area (Å²) < 4.78 is 5.27. The van der Waals surface area contributed by atoms with Gasteiger partial charge < -0.3 is 10.1 Å². The van der Waals surface area contributed by atoms with E-state index in [4.69, 9.17) is 16.3 Å². The fourth-order valence-electron chi connectivity index (χ4n) is 2.99. The fourth-order valence-corrected chi connectivity index (χ4v) is 4.98. The van der Waals surface area contributed by atoms with Gasteiger partial charge in [-0.1, -0.05) is 54.1 Å². The number of carbonyl (C=O) groups excluding carboxylic acids is 2. The lowest BCUT2D eigenvalue weighted by molar-refractivity contribution is -0.113. The highest BCUT2D eigenvalue weighted by molar-refractivity contribution is 7.99. The van der Waals surface area contributed by atoms with Crippen molar-refractivity contribution < 1.29 is 14.3 Å². The topological polar surface area (TPSA) is 55.4 Å². The molecule has 30 heavy (non-hydrogen) atoms. The van der Waals surface area contributed by atoms with E-state index in [9.17, 15) is 9.59 Å². The molecule has 0 saturated heterocycles. The molecule has 0 spiro atoms. The Morgan fingerprint density at radius 3 is 2.47 bits per heavy atom. The fraction of sp³-hybridized carbons (Fsp3) is 0.217. The number of ether oxygens (including phenoxy) is 1. The van der Waals surface area contributed by atoms with Gasteiger partial charge in [-0.15, -0.1) is 23.1 Å². The van der Waals surface area contributed by atoms with E-state index in [2.05, 4.69) is 5.32 Å². The van der Waals surface area contributed by atoms with Gasteiger partial charge >= 0.3 is 5.97 Å². The Balaban J connectivity index is 1.75. The van der Waals surface area contributed by atoms with Crippen molar-refractivity contribution in [2.75, 3.05) is 17.7 Å². The van der Waals surface area contributed by atoms with Crippen LogP contribution < -0.4 is 5.32 Å². The highest BCUT2D eigenvalue weighted by Gasteiger charge is 2.25. The SMILES string of the molecule is CCOC(=O)c1c(NC(=O)CSCc2ccc(Cl)cc2)sc(C)c1-c1ccccc1. The maximum absolute atomic E-state index is 12.7. The van der Waals surface area contributed by atoms with E-state index in [-0.39, 0.29) is 18.3 Å². The van der Waals surface area contributed by atoms with Crippen LogP contribution in [0.4, 0.5) is 5.00 Å². The predicted molar refractivity (Wildman–Crippen MR) is 127 cm³/mol. The van der Waals surface area contributed by atoms with Crippen LogP contribution in [-0.2, 0) is 15.3 Å². The number of amides is 1. The maximum Gasteiger partial charge on any atom is 0.341 e. The number of benzene rings is 2. The standard InChI is InChI=1S/C23H22ClNO3S2/c1-3-28-23(27)21-20(17-7-5-4-6-8-17)15(2)30-22(21)25-19(26)14-29-13-16-9-11-18(24)12-10-16/h4-12H,3,13-14H2,1-2H3,(H,25,26). The third-order valence-electron chi connectivity index (χ3n) is 4.29. The average molecular weight is 460 g/mol. The van der Waals surface area contributed by atoms with Crippen LogP contribution in [0, 0.1) is 6.92 Å². The minimum atomic E-state index is -0.426. The zero-order valence-corrected chi connectivity index (χ0v) is 19.1. The number of esters is 1. The number of rotatable bonds is 8. The first-order valence-corrected chi connectivity index (χ1v) is 11.8. The van der Waals surface area contributed by atoms with Gasteiger partial charge in [0.25, 0.3) is 0 Å². The summed E-state index contributed by atoms with van der Waals surface area (Å²) >= 11 is 8.80. The van der Waals surface area contributed by atoms with Gasteiger partial charge in [-0.25, -0.2) is 4.79 Å². The molecule has 0 unspecified atom stereocenters. The summed E-state index contributed by atoms with van der Waals surface area (Å²) in [5, 5.41) is 4.13. The summed E-state index contributed by atoms with van der Waals surface area (Å²) in [4.78, 5) is 26.2. The molecule has 1 heterocycles. The lowest BCUT2D eigenvalue weighted by Crippen LogP contribution is -2.16. The molecular weight excluding hydrogens is 438 g/mol. The Hall–Kier alpha value is -2.28. The monoisotopic (exact) mass is 459 g/mol. The van der Waals surface area contributed by atoms with E-state index in [0.717, 1.165) is 21.6 Å². The Kier molecular flexibility index (Phi) is 7.96. The largest absolute Gasteiger partial charge is 0.462 e. The van der Waals surface area contributed by atoms with Crippen LogP contribution in [0.1, 0.15) is 27.7 Å². The van der Waals surface area contributed by atoms with E-state index >= 15 is 0 Å². The lowest BCUT2D eigenvalue weighted by Gasteiger charge is -2.09. The Morgan fingerprint density at radius 1 is 1.10 bits per heavy atom. The van der Waals surface area contributed by atoms with Crippen LogP contribution in [0.3, 0.4) is 0 Å². The smallest absolute Gasteiger partial charge is 0.341 e. The van der Waals surface area contributed by atoms with Crippen LogP contribution >= 0.6 is 34.7 Å². The van der Waals surface area contributed by atoms with Crippen LogP contribution in [0.25, 0.3) is 11.1 Å². The van der Waals surface area contributed by atoms with E-state index in [0.29, 0.717) is 21.3 Å². The first-order valence-electron chi connectivity index (χ1n) is 9.47. The van der Waals surface area contributed by atoms with Crippen molar-refractivity contribution in [1.82, 2.24) is 0 Å². The van der Waals surface area contributed by atoms with E-state index in [1.165, 1.54) is 23.1 Å². The number of halogens is 1. The Bertz CT molecular complexity index is 1020. The van der Waals surface area contributed by atoms with Crippen molar-refractivity contribution in [1.29, 1.82) is 0 Å². The molecule has 0 atom stereocenters. The molecule has 0 aliphatic rings. The van der Waals surface area contributed by atoms with Gasteiger partial charge in [0.1, 0.15) is 10.6 Å². The van der Waals surface area contributed by atoms with Crippen molar-refractivity contribution in [2.24, 2.45) is 0 Å². The zero-order valence-electron chi connectivity index (χ0n) is 16.7. The normalized spacial score (nSPS) is 10.6. The van der Waals surface area contributed by atoms with E-state index in [1.807, 2.05) is 61.5 Å². The zero-order chi connectivity index (χ0) is 21.5. The summed E-state index contributed by atoms with van der Waals surface area (Å²) in [6, 6.07) is 17.2. The molecule has 0 bridgehead atoms. The molecule has 1 amide bonds. The van der Waals surface area contributed by atoms with Crippen molar-refractivity contribution in [2.45, 2.75) is 19.6 Å². The number of thiophene rings is 1. The second-order valence-electron chi connectivity index (χ2n) is 6.49. The van der Waals surface area contributed by atoms with Crippen molar-refractivity contribution >= 4 is 51.6 Å². The van der Waals surface area contributed by atoms with Gasteiger partial charge in [0.15, 0.2) is 0 Å². The van der Waals surface area contributed by atoms with Gasteiger partial charge in [0.2, 0.25) is 5.91 Å². The number of hydrogen-bond acceptors (Lipinski definition) is 5. The molecule has 1 N–H and O–H groups in total. The molecule has 0 radical (unpaired) electrons. The van der Waals surface area contributed by atoms with Gasteiger partial charge in [0, 0.05) is 21.2 Å². The summed E-state index contributed by atoms with van der Waals surface area (Å²) in [6.07, 6.45) is 0. The van der Waals surface area contributed by atoms with Crippen LogP contribution in [-0.4, -0.2) is 24.2 Å². The van der Waals surface area contributed by atoms with Gasteiger partial charge in [-0.3, -0.25) is 4.79 Å². The Morgan fingerprint density at radius 2 is 1.80 bits per heavy atom. The van der Waals surface area contributed by atoms with Crippen LogP contribution in [0.15, 0.2) is 54.6 Å². The summed E-state index contributed by atoms with van der Waals surface area (Å²) in [6.45, 7) is 3.98. The first-order chi connectivity index (χ1) is 14.5. The molecule has 3 rings (SSSR count). The molecule has 0 aliphatic carbocycles. The van der Waals surface area contributed by atoms with E-state index in [1.54, 1.807) is 6.92 Å². The summed E-state index contributed by atoms with van der Waals surface area (Å²) in [5.74, 6) is 0.404. The number of hydrogen-bond donors (Lipinski definition) is 1. The Labute approximate surface area is 189 Å². The molecule has 0 saturated carbocycles. The second kappa shape index (κ2) is 10.7. The highest BCUT2D eigenvalue weighted by atomic mass is 35.5. The molecule has 0 aliphatic heterocycles. The van der Waals surface area contributed by atoms with Gasteiger partial charge in [0.05, 0.1) is 12.4 Å². The van der Waals surface area contributed by atoms with Crippen molar-refractivity contribution in [3.63, 3.8) is 0 Å². The third kappa shape index (κ3) is 5.65. The van der Waals surface area contributed by atoms with Crippen molar-refractivity contribution in [3.8, 4) is 11.1 Å². The molecule has 7 heteroatoms. The predicted octanol–water partition coefficient (Wildman–Crippen LogP) is 6.43. The van der Waals surface area contributed by atoms with Crippen molar-refractivity contribution in [3.05, 3.63) is 75.6 Å². The number of thioether (sulfide) groups is 1.